The summed E-state index contributed by atoms with van der Waals surface area (Å²) in [7, 11) is 0. The van der Waals surface area contributed by atoms with Gasteiger partial charge in [-0.2, -0.15) is 0 Å². The van der Waals surface area contributed by atoms with Crippen LogP contribution in [-0.4, -0.2) is 35.9 Å². The maximum atomic E-state index is 13.6. The first-order valence-corrected chi connectivity index (χ1v) is 12.9. The quantitative estimate of drug-likeness (QED) is 0.310. The van der Waals surface area contributed by atoms with Gasteiger partial charge in [0.2, 0.25) is 5.91 Å². The standard InChI is InChI=1S/C29H32Cl2N2O3/c1-3-16-32-29(35)27(17-22-8-6-5-7-9-22)33(19-23-12-13-24(30)18-26(23)31)28(34)20-36-25-14-10-21(4-2)11-15-25/h5-15,18,27H,3-4,16-17,19-20H2,1-2H3,(H,32,35)/t27-/m0/s1. The van der Waals surface area contributed by atoms with Crippen molar-refractivity contribution >= 4 is 35.0 Å². The Morgan fingerprint density at radius 3 is 2.31 bits per heavy atom. The second-order valence-electron chi connectivity index (χ2n) is 8.54. The topological polar surface area (TPSA) is 58.6 Å². The third-order valence-electron chi connectivity index (χ3n) is 5.87. The zero-order valence-electron chi connectivity index (χ0n) is 20.7. The number of benzene rings is 3. The zero-order chi connectivity index (χ0) is 25.9. The van der Waals surface area contributed by atoms with Gasteiger partial charge < -0.3 is 15.0 Å². The lowest BCUT2D eigenvalue weighted by atomic mass is 10.0. The second kappa shape index (κ2) is 13.9. The molecule has 1 N–H and O–H groups in total. The van der Waals surface area contributed by atoms with E-state index < -0.39 is 6.04 Å². The van der Waals surface area contributed by atoms with Crippen molar-refractivity contribution in [3.8, 4) is 5.75 Å². The molecule has 5 nitrogen and oxygen atoms in total. The minimum absolute atomic E-state index is 0.143. The minimum Gasteiger partial charge on any atom is -0.484 e. The van der Waals surface area contributed by atoms with E-state index in [1.807, 2.05) is 61.5 Å². The molecule has 0 saturated carbocycles. The van der Waals surface area contributed by atoms with Crippen LogP contribution in [0.5, 0.6) is 5.75 Å². The number of carbonyl (C=O) groups is 2. The van der Waals surface area contributed by atoms with Gasteiger partial charge in [0.05, 0.1) is 0 Å². The summed E-state index contributed by atoms with van der Waals surface area (Å²) in [5.41, 5.74) is 2.83. The molecule has 7 heteroatoms. The highest BCUT2D eigenvalue weighted by atomic mass is 35.5. The van der Waals surface area contributed by atoms with Gasteiger partial charge in [0, 0.05) is 29.6 Å². The third-order valence-corrected chi connectivity index (χ3v) is 6.46. The van der Waals surface area contributed by atoms with Crippen molar-refractivity contribution in [3.63, 3.8) is 0 Å². The first kappa shape index (κ1) is 27.6. The first-order chi connectivity index (χ1) is 17.4. The SMILES string of the molecule is CCCNC(=O)[C@H](Cc1ccccc1)N(Cc1ccc(Cl)cc1Cl)C(=O)COc1ccc(CC)cc1. The summed E-state index contributed by atoms with van der Waals surface area (Å²) in [5.74, 6) is 0.0691. The molecule has 0 bridgehead atoms. The van der Waals surface area contributed by atoms with E-state index >= 15 is 0 Å². The molecule has 0 saturated heterocycles. The highest BCUT2D eigenvalue weighted by Gasteiger charge is 2.31. The molecule has 2 amide bonds. The van der Waals surface area contributed by atoms with Gasteiger partial charge >= 0.3 is 0 Å². The van der Waals surface area contributed by atoms with Crippen LogP contribution in [0.3, 0.4) is 0 Å². The molecule has 0 fully saturated rings. The van der Waals surface area contributed by atoms with Crippen molar-refractivity contribution in [1.82, 2.24) is 10.2 Å². The number of halogens is 2. The summed E-state index contributed by atoms with van der Waals surface area (Å²) in [6.07, 6.45) is 2.07. The van der Waals surface area contributed by atoms with E-state index in [1.54, 1.807) is 23.1 Å². The van der Waals surface area contributed by atoms with Gasteiger partial charge in [-0.25, -0.2) is 0 Å². The Balaban J connectivity index is 1.90. The Bertz CT molecular complexity index is 1140. The van der Waals surface area contributed by atoms with Crippen LogP contribution in [-0.2, 0) is 29.0 Å². The van der Waals surface area contributed by atoms with E-state index in [1.165, 1.54) is 5.56 Å². The predicted molar refractivity (Wildman–Crippen MR) is 146 cm³/mol. The fourth-order valence-electron chi connectivity index (χ4n) is 3.80. The fraction of sp³-hybridized carbons (Fsp3) is 0.310. The van der Waals surface area contributed by atoms with E-state index in [0.29, 0.717) is 34.3 Å². The molecule has 3 rings (SSSR count). The molecule has 0 aliphatic rings. The molecule has 0 spiro atoms. The minimum atomic E-state index is -0.746. The molecule has 0 unspecified atom stereocenters. The van der Waals surface area contributed by atoms with Crippen LogP contribution in [0.25, 0.3) is 0 Å². The van der Waals surface area contributed by atoms with E-state index in [4.69, 9.17) is 27.9 Å². The molecule has 0 aromatic heterocycles. The normalized spacial score (nSPS) is 11.6. The zero-order valence-corrected chi connectivity index (χ0v) is 22.2. The molecule has 0 heterocycles. The Morgan fingerprint density at radius 2 is 1.67 bits per heavy atom. The van der Waals surface area contributed by atoms with Crippen molar-refractivity contribution in [1.29, 1.82) is 0 Å². The van der Waals surface area contributed by atoms with Crippen LogP contribution in [0.1, 0.15) is 37.0 Å². The molecule has 3 aromatic rings. The lowest BCUT2D eigenvalue weighted by molar-refractivity contribution is -0.142. The Morgan fingerprint density at radius 1 is 0.944 bits per heavy atom. The van der Waals surface area contributed by atoms with Gasteiger partial charge in [0.15, 0.2) is 6.61 Å². The summed E-state index contributed by atoms with van der Waals surface area (Å²) in [6.45, 7) is 4.53. The number of carbonyl (C=O) groups excluding carboxylic acids is 2. The number of rotatable bonds is 12. The Hall–Kier alpha value is -3.02. The van der Waals surface area contributed by atoms with Gasteiger partial charge in [-0.1, -0.05) is 85.6 Å². The van der Waals surface area contributed by atoms with Crippen molar-refractivity contribution < 1.29 is 14.3 Å². The van der Waals surface area contributed by atoms with Crippen molar-refractivity contribution in [2.45, 2.75) is 45.7 Å². The molecule has 190 valence electrons. The molecular formula is C29H32Cl2N2O3. The Kier molecular flexibility index (Phi) is 10.6. The lowest BCUT2D eigenvalue weighted by Crippen LogP contribution is -2.51. The van der Waals surface area contributed by atoms with E-state index in [9.17, 15) is 9.59 Å². The number of hydrogen-bond donors (Lipinski definition) is 1. The number of ether oxygens (including phenoxy) is 1. The first-order valence-electron chi connectivity index (χ1n) is 12.2. The van der Waals surface area contributed by atoms with Gasteiger partial charge in [0.1, 0.15) is 11.8 Å². The maximum absolute atomic E-state index is 13.6. The highest BCUT2D eigenvalue weighted by molar-refractivity contribution is 6.35. The van der Waals surface area contributed by atoms with Gasteiger partial charge in [-0.3, -0.25) is 9.59 Å². The Labute approximate surface area is 223 Å². The largest absolute Gasteiger partial charge is 0.484 e. The summed E-state index contributed by atoms with van der Waals surface area (Å²) < 4.78 is 5.82. The van der Waals surface area contributed by atoms with Crippen LogP contribution < -0.4 is 10.1 Å². The van der Waals surface area contributed by atoms with E-state index in [0.717, 1.165) is 18.4 Å². The smallest absolute Gasteiger partial charge is 0.261 e. The number of nitrogens with zero attached hydrogens (tertiary/aromatic N) is 1. The van der Waals surface area contributed by atoms with Crippen LogP contribution in [0.4, 0.5) is 0 Å². The summed E-state index contributed by atoms with van der Waals surface area (Å²) >= 11 is 12.5. The summed E-state index contributed by atoms with van der Waals surface area (Å²) in [6, 6.07) is 21.7. The monoisotopic (exact) mass is 526 g/mol. The summed E-state index contributed by atoms with van der Waals surface area (Å²) in [5, 5.41) is 3.89. The van der Waals surface area contributed by atoms with Gasteiger partial charge in [-0.15, -0.1) is 0 Å². The van der Waals surface area contributed by atoms with Crippen LogP contribution in [0, 0.1) is 0 Å². The van der Waals surface area contributed by atoms with Crippen LogP contribution in [0.2, 0.25) is 10.0 Å². The molecule has 1 atom stereocenters. The van der Waals surface area contributed by atoms with E-state index in [-0.39, 0.29) is 25.0 Å². The number of hydrogen-bond acceptors (Lipinski definition) is 3. The van der Waals surface area contributed by atoms with Crippen LogP contribution in [0.15, 0.2) is 72.8 Å². The number of nitrogens with one attached hydrogen (secondary N) is 1. The molecule has 0 radical (unpaired) electrons. The lowest BCUT2D eigenvalue weighted by Gasteiger charge is -2.31. The molecule has 0 aliphatic carbocycles. The summed E-state index contributed by atoms with van der Waals surface area (Å²) in [4.78, 5) is 28.5. The average molecular weight is 527 g/mol. The molecule has 36 heavy (non-hydrogen) atoms. The van der Waals surface area contributed by atoms with Crippen molar-refractivity contribution in [3.05, 3.63) is 99.5 Å². The van der Waals surface area contributed by atoms with Crippen molar-refractivity contribution in [2.24, 2.45) is 0 Å². The highest BCUT2D eigenvalue weighted by Crippen LogP contribution is 2.24. The fourth-order valence-corrected chi connectivity index (χ4v) is 4.27. The molecule has 0 aliphatic heterocycles. The van der Waals surface area contributed by atoms with Crippen LogP contribution >= 0.6 is 23.2 Å². The van der Waals surface area contributed by atoms with Gasteiger partial charge in [0.25, 0.3) is 5.91 Å². The van der Waals surface area contributed by atoms with E-state index in [2.05, 4.69) is 12.2 Å². The van der Waals surface area contributed by atoms with Crippen molar-refractivity contribution in [2.75, 3.05) is 13.2 Å². The molecule has 3 aromatic carbocycles. The maximum Gasteiger partial charge on any atom is 0.261 e. The third kappa shape index (κ3) is 8.00. The average Bonchev–Trinajstić information content (AvgIpc) is 2.89. The van der Waals surface area contributed by atoms with Gasteiger partial charge in [-0.05, 0) is 53.8 Å². The molecular weight excluding hydrogens is 495 g/mol. The number of aryl methyl sites for hydroxylation is 1. The predicted octanol–water partition coefficient (Wildman–Crippen LogP) is 6.10. The second-order valence-corrected chi connectivity index (χ2v) is 9.38. The number of amides is 2.